The maximum absolute atomic E-state index is 11.3. The third-order valence-corrected chi connectivity index (χ3v) is 7.74. The number of rotatable bonds is 9. The summed E-state index contributed by atoms with van der Waals surface area (Å²) < 4.78 is 39.7. The van der Waals surface area contributed by atoms with Gasteiger partial charge in [0.2, 0.25) is 0 Å². The Morgan fingerprint density at radius 3 is 1.46 bits per heavy atom. The maximum atomic E-state index is 11.3. The van der Waals surface area contributed by atoms with Crippen LogP contribution in [-0.2, 0) is 19.6 Å². The van der Waals surface area contributed by atoms with Crippen molar-refractivity contribution in [2.24, 2.45) is 0 Å². The SMILES string of the molecule is CCCP(CCC)CCC.COC(=O)c1cc(C(=O)OC)cc(S(=O)(=O)O)c1. The molecular formula is C19H31O7PS. The van der Waals surface area contributed by atoms with Gasteiger partial charge < -0.3 is 9.47 Å². The van der Waals surface area contributed by atoms with Crippen molar-refractivity contribution >= 4 is 30.0 Å². The minimum Gasteiger partial charge on any atom is -0.465 e. The fraction of sp³-hybridized carbons (Fsp3) is 0.579. The van der Waals surface area contributed by atoms with Gasteiger partial charge in [0.1, 0.15) is 0 Å². The maximum Gasteiger partial charge on any atom is 0.337 e. The van der Waals surface area contributed by atoms with E-state index in [1.165, 1.54) is 37.7 Å². The fourth-order valence-corrected chi connectivity index (χ4v) is 5.62. The van der Waals surface area contributed by atoms with Gasteiger partial charge in [0.15, 0.2) is 0 Å². The first-order chi connectivity index (χ1) is 13.1. The lowest BCUT2D eigenvalue weighted by Gasteiger charge is -2.13. The second-order valence-electron chi connectivity index (χ2n) is 6.05. The monoisotopic (exact) mass is 434 g/mol. The molecular weight excluding hydrogens is 403 g/mol. The zero-order valence-electron chi connectivity index (χ0n) is 17.2. The molecule has 0 radical (unpaired) electrons. The molecule has 0 atom stereocenters. The first kappa shape index (κ1) is 26.5. The molecule has 0 aliphatic rings. The highest BCUT2D eigenvalue weighted by Gasteiger charge is 2.19. The van der Waals surface area contributed by atoms with E-state index in [-0.39, 0.29) is 11.1 Å². The van der Waals surface area contributed by atoms with Crippen LogP contribution in [0.25, 0.3) is 0 Å². The lowest BCUT2D eigenvalue weighted by molar-refractivity contribution is 0.0598. The van der Waals surface area contributed by atoms with Gasteiger partial charge in [-0.3, -0.25) is 4.55 Å². The van der Waals surface area contributed by atoms with Crippen molar-refractivity contribution in [3.8, 4) is 0 Å². The molecule has 0 heterocycles. The van der Waals surface area contributed by atoms with Crippen LogP contribution in [0.4, 0.5) is 0 Å². The van der Waals surface area contributed by atoms with Crippen LogP contribution in [0, 0.1) is 0 Å². The molecule has 28 heavy (non-hydrogen) atoms. The van der Waals surface area contributed by atoms with Crippen molar-refractivity contribution in [2.75, 3.05) is 32.7 Å². The zero-order chi connectivity index (χ0) is 21.7. The molecule has 0 aliphatic carbocycles. The van der Waals surface area contributed by atoms with Crippen molar-refractivity contribution in [1.82, 2.24) is 0 Å². The molecule has 1 rings (SSSR count). The van der Waals surface area contributed by atoms with E-state index in [4.69, 9.17) is 4.55 Å². The Labute approximate surface area is 169 Å². The van der Waals surface area contributed by atoms with Crippen molar-refractivity contribution in [3.05, 3.63) is 29.3 Å². The number of hydrogen-bond donors (Lipinski definition) is 1. The lowest BCUT2D eigenvalue weighted by Crippen LogP contribution is -2.09. The molecule has 0 saturated heterocycles. The molecule has 0 bridgehead atoms. The first-order valence-corrected chi connectivity index (χ1v) is 12.5. The summed E-state index contributed by atoms with van der Waals surface area (Å²) in [5.74, 6) is -1.68. The van der Waals surface area contributed by atoms with Crippen LogP contribution in [0.3, 0.4) is 0 Å². The van der Waals surface area contributed by atoms with Crippen LogP contribution in [0.5, 0.6) is 0 Å². The second kappa shape index (κ2) is 13.6. The predicted octanol–water partition coefficient (Wildman–Crippen LogP) is 4.20. The summed E-state index contributed by atoms with van der Waals surface area (Å²) in [6.45, 7) is 6.92. The van der Waals surface area contributed by atoms with E-state index < -0.39 is 27.0 Å². The molecule has 0 fully saturated rings. The summed E-state index contributed by atoms with van der Waals surface area (Å²) in [6, 6.07) is 2.90. The van der Waals surface area contributed by atoms with Gasteiger partial charge in [0, 0.05) is 0 Å². The van der Waals surface area contributed by atoms with Gasteiger partial charge in [-0.2, -0.15) is 8.42 Å². The average Bonchev–Trinajstić information content (AvgIpc) is 2.66. The lowest BCUT2D eigenvalue weighted by atomic mass is 10.1. The largest absolute Gasteiger partial charge is 0.465 e. The number of benzene rings is 1. The third-order valence-electron chi connectivity index (χ3n) is 3.67. The van der Waals surface area contributed by atoms with Gasteiger partial charge in [0.05, 0.1) is 30.2 Å². The van der Waals surface area contributed by atoms with E-state index in [0.29, 0.717) is 7.92 Å². The summed E-state index contributed by atoms with van der Waals surface area (Å²) in [7, 11) is -1.91. The Bertz CT molecular complexity index is 683. The highest BCUT2D eigenvalue weighted by molar-refractivity contribution is 7.85. The molecule has 0 saturated carbocycles. The molecule has 7 nitrogen and oxygen atoms in total. The van der Waals surface area contributed by atoms with Gasteiger partial charge >= 0.3 is 11.9 Å². The number of carbonyl (C=O) groups excluding carboxylic acids is 2. The molecule has 0 amide bonds. The van der Waals surface area contributed by atoms with Crippen molar-refractivity contribution in [2.45, 2.75) is 44.9 Å². The molecule has 1 aromatic rings. The van der Waals surface area contributed by atoms with E-state index in [2.05, 4.69) is 30.2 Å². The Morgan fingerprint density at radius 1 is 0.857 bits per heavy atom. The van der Waals surface area contributed by atoms with Crippen LogP contribution in [0.2, 0.25) is 0 Å². The smallest absolute Gasteiger partial charge is 0.337 e. The number of methoxy groups -OCH3 is 2. The first-order valence-electron chi connectivity index (χ1n) is 9.16. The van der Waals surface area contributed by atoms with Gasteiger partial charge in [-0.25, -0.2) is 9.59 Å². The van der Waals surface area contributed by atoms with Gasteiger partial charge in [0.25, 0.3) is 10.1 Å². The standard InChI is InChI=1S/C10H10O7S.C9H21P/c1-16-9(11)6-3-7(10(12)17-2)5-8(4-6)18(13,14)15;1-4-7-10(8-5-2)9-6-3/h3-5H,1-2H3,(H,13,14,15);4-9H2,1-3H3. The normalized spacial score (nSPS) is 10.8. The summed E-state index contributed by atoms with van der Waals surface area (Å²) in [5, 5.41) is 0. The highest BCUT2D eigenvalue weighted by atomic mass is 32.2. The minimum absolute atomic E-state index is 0.187. The number of esters is 2. The summed E-state index contributed by atoms with van der Waals surface area (Å²) in [4.78, 5) is 22.0. The van der Waals surface area contributed by atoms with Crippen molar-refractivity contribution < 1.29 is 32.0 Å². The second-order valence-corrected chi connectivity index (χ2v) is 10.2. The molecule has 0 spiro atoms. The zero-order valence-corrected chi connectivity index (χ0v) is 18.9. The van der Waals surface area contributed by atoms with E-state index in [9.17, 15) is 18.0 Å². The van der Waals surface area contributed by atoms with Crippen LogP contribution in [0.1, 0.15) is 60.7 Å². The third kappa shape index (κ3) is 9.62. The van der Waals surface area contributed by atoms with E-state index in [0.717, 1.165) is 32.4 Å². The van der Waals surface area contributed by atoms with Crippen LogP contribution >= 0.6 is 7.92 Å². The molecule has 0 unspecified atom stereocenters. The van der Waals surface area contributed by atoms with Crippen molar-refractivity contribution in [1.29, 1.82) is 0 Å². The topological polar surface area (TPSA) is 107 Å². The minimum atomic E-state index is -4.55. The molecule has 0 aliphatic heterocycles. The Morgan fingerprint density at radius 2 is 1.21 bits per heavy atom. The number of ether oxygens (including phenoxy) is 2. The van der Waals surface area contributed by atoms with E-state index in [1.54, 1.807) is 0 Å². The van der Waals surface area contributed by atoms with Crippen LogP contribution in [0.15, 0.2) is 23.1 Å². The summed E-state index contributed by atoms with van der Waals surface area (Å²) in [5.41, 5.74) is -0.374. The summed E-state index contributed by atoms with van der Waals surface area (Å²) >= 11 is 0. The van der Waals surface area contributed by atoms with Gasteiger partial charge in [-0.1, -0.05) is 40.0 Å². The Balaban J connectivity index is 0.000000621. The molecule has 0 aromatic heterocycles. The van der Waals surface area contributed by atoms with Crippen molar-refractivity contribution in [3.63, 3.8) is 0 Å². The molecule has 1 N–H and O–H groups in total. The number of hydrogen-bond acceptors (Lipinski definition) is 6. The average molecular weight is 434 g/mol. The van der Waals surface area contributed by atoms with Gasteiger partial charge in [-0.05, 0) is 36.7 Å². The van der Waals surface area contributed by atoms with Crippen LogP contribution in [-0.4, -0.2) is 57.6 Å². The molecule has 160 valence electrons. The van der Waals surface area contributed by atoms with E-state index >= 15 is 0 Å². The Hall–Kier alpha value is -1.50. The molecule has 1 aromatic carbocycles. The summed E-state index contributed by atoms with van der Waals surface area (Å²) in [6.07, 6.45) is 8.72. The number of carbonyl (C=O) groups is 2. The van der Waals surface area contributed by atoms with Crippen LogP contribution < -0.4 is 0 Å². The quantitative estimate of drug-likeness (QED) is 0.352. The van der Waals surface area contributed by atoms with Gasteiger partial charge in [-0.15, -0.1) is 7.92 Å². The van der Waals surface area contributed by atoms with E-state index in [1.807, 2.05) is 0 Å². The highest BCUT2D eigenvalue weighted by Crippen LogP contribution is 2.37. The Kier molecular flexibility index (Phi) is 12.9. The molecule has 9 heteroatoms. The predicted molar refractivity (Wildman–Crippen MR) is 111 cm³/mol. The fourth-order valence-electron chi connectivity index (χ4n) is 2.50.